The van der Waals surface area contributed by atoms with Crippen LogP contribution >= 0.6 is 24.0 Å². The second-order valence-corrected chi connectivity index (χ2v) is 7.65. The van der Waals surface area contributed by atoms with Gasteiger partial charge >= 0.3 is 6.09 Å². The molecule has 0 atom stereocenters. The Kier molecular flexibility index (Phi) is 11.4. The molecule has 2 N–H and O–H groups in total. The van der Waals surface area contributed by atoms with Gasteiger partial charge in [-0.1, -0.05) is 24.3 Å². The predicted octanol–water partition coefficient (Wildman–Crippen LogP) is 4.14. The largest absolute Gasteiger partial charge is 0.444 e. The molecule has 1 aromatic carbocycles. The molecular weight excluding hydrogens is 455 g/mol. The molecule has 0 aliphatic heterocycles. The van der Waals surface area contributed by atoms with Crippen molar-refractivity contribution < 1.29 is 9.53 Å². The number of halogens is 1. The van der Waals surface area contributed by atoms with Crippen molar-refractivity contribution in [1.29, 1.82) is 0 Å². The van der Waals surface area contributed by atoms with Gasteiger partial charge in [0.05, 0.1) is 6.54 Å². The minimum Gasteiger partial charge on any atom is -0.444 e. The predicted molar refractivity (Wildman–Crippen MR) is 123 cm³/mol. The van der Waals surface area contributed by atoms with Crippen molar-refractivity contribution in [3.63, 3.8) is 0 Å². The first kappa shape index (κ1) is 25.5. The van der Waals surface area contributed by atoms with Gasteiger partial charge < -0.3 is 20.3 Å². The minimum absolute atomic E-state index is 0. The summed E-state index contributed by atoms with van der Waals surface area (Å²) in [5.41, 5.74) is 1.69. The van der Waals surface area contributed by atoms with Crippen LogP contribution < -0.4 is 10.6 Å². The van der Waals surface area contributed by atoms with E-state index in [1.54, 1.807) is 11.9 Å². The molecule has 0 saturated carbocycles. The fraction of sp³-hybridized carbons (Fsp3) is 0.600. The van der Waals surface area contributed by atoms with Crippen LogP contribution in [0.15, 0.2) is 29.3 Å². The molecule has 6 nitrogen and oxygen atoms in total. The van der Waals surface area contributed by atoms with Crippen molar-refractivity contribution in [2.24, 2.45) is 4.99 Å². The van der Waals surface area contributed by atoms with Crippen LogP contribution in [0, 0.1) is 0 Å². The second-order valence-electron chi connectivity index (χ2n) is 7.65. The third-order valence-electron chi connectivity index (χ3n) is 3.34. The normalized spacial score (nSPS) is 11.6. The summed E-state index contributed by atoms with van der Waals surface area (Å²) in [7, 11) is 1.74. The molecule has 0 heterocycles. The highest BCUT2D eigenvalue weighted by Crippen LogP contribution is 2.12. The lowest BCUT2D eigenvalue weighted by Gasteiger charge is -2.24. The number of aliphatic imine (C=N–C) groups is 1. The van der Waals surface area contributed by atoms with Gasteiger partial charge in [-0.05, 0) is 52.7 Å². The number of carbonyl (C=O) groups is 1. The Balaban J connectivity index is 0.00000676. The standard InChI is InChI=1S/C20H34N4O2.HI/c1-8-21-18(23-15(2)3)22-13-16-9-11-17(12-10-16)14-24(7)19(25)26-20(4,5)6;/h9-12,15H,8,13-14H2,1-7H3,(H2,21,22,23);1H. The van der Waals surface area contributed by atoms with Gasteiger partial charge in [-0.3, -0.25) is 0 Å². The summed E-state index contributed by atoms with van der Waals surface area (Å²) >= 11 is 0. The van der Waals surface area contributed by atoms with E-state index >= 15 is 0 Å². The molecule has 0 saturated heterocycles. The highest BCUT2D eigenvalue weighted by atomic mass is 127. The van der Waals surface area contributed by atoms with Gasteiger partial charge in [0, 0.05) is 26.2 Å². The molecule has 1 aromatic rings. The van der Waals surface area contributed by atoms with Crippen LogP contribution in [0.25, 0.3) is 0 Å². The Morgan fingerprint density at radius 2 is 1.74 bits per heavy atom. The van der Waals surface area contributed by atoms with Crippen molar-refractivity contribution in [3.8, 4) is 0 Å². The number of hydrogen-bond donors (Lipinski definition) is 2. The zero-order valence-corrected chi connectivity index (χ0v) is 20.0. The van der Waals surface area contributed by atoms with Crippen molar-refractivity contribution in [3.05, 3.63) is 35.4 Å². The molecule has 0 spiro atoms. The summed E-state index contributed by atoms with van der Waals surface area (Å²) in [6.07, 6.45) is -0.318. The van der Waals surface area contributed by atoms with Crippen molar-refractivity contribution in [2.75, 3.05) is 13.6 Å². The molecule has 0 bridgehead atoms. The number of amides is 1. The summed E-state index contributed by atoms with van der Waals surface area (Å²) in [6.45, 7) is 13.8. The highest BCUT2D eigenvalue weighted by Gasteiger charge is 2.19. The Morgan fingerprint density at radius 1 is 1.19 bits per heavy atom. The van der Waals surface area contributed by atoms with E-state index in [1.165, 1.54) is 0 Å². The lowest BCUT2D eigenvalue weighted by molar-refractivity contribution is 0.0285. The monoisotopic (exact) mass is 490 g/mol. The van der Waals surface area contributed by atoms with Crippen molar-refractivity contribution in [1.82, 2.24) is 15.5 Å². The molecule has 0 aliphatic carbocycles. The van der Waals surface area contributed by atoms with E-state index in [0.29, 0.717) is 19.1 Å². The van der Waals surface area contributed by atoms with Gasteiger partial charge in [0.2, 0.25) is 0 Å². The molecule has 0 aromatic heterocycles. The van der Waals surface area contributed by atoms with E-state index in [4.69, 9.17) is 4.74 Å². The second kappa shape index (κ2) is 12.0. The van der Waals surface area contributed by atoms with Gasteiger partial charge in [-0.25, -0.2) is 9.79 Å². The van der Waals surface area contributed by atoms with Crippen LogP contribution in [0.1, 0.15) is 52.7 Å². The van der Waals surface area contributed by atoms with Gasteiger partial charge in [-0.2, -0.15) is 0 Å². The fourth-order valence-electron chi connectivity index (χ4n) is 2.19. The fourth-order valence-corrected chi connectivity index (χ4v) is 2.19. The van der Waals surface area contributed by atoms with E-state index in [1.807, 2.05) is 52.0 Å². The maximum absolute atomic E-state index is 12.0. The van der Waals surface area contributed by atoms with Gasteiger partial charge in [-0.15, -0.1) is 24.0 Å². The number of hydrogen-bond acceptors (Lipinski definition) is 3. The molecular formula is C20H35IN4O2. The topological polar surface area (TPSA) is 66.0 Å². The molecule has 0 unspecified atom stereocenters. The van der Waals surface area contributed by atoms with Gasteiger partial charge in [0.15, 0.2) is 5.96 Å². The van der Waals surface area contributed by atoms with Crippen LogP contribution in [0.2, 0.25) is 0 Å². The third kappa shape index (κ3) is 11.0. The van der Waals surface area contributed by atoms with Crippen LogP contribution in [-0.2, 0) is 17.8 Å². The number of ether oxygens (including phenoxy) is 1. The highest BCUT2D eigenvalue weighted by molar-refractivity contribution is 14.0. The molecule has 7 heteroatoms. The third-order valence-corrected chi connectivity index (χ3v) is 3.34. The molecule has 27 heavy (non-hydrogen) atoms. The lowest BCUT2D eigenvalue weighted by Crippen LogP contribution is -2.40. The van der Waals surface area contributed by atoms with Crippen molar-refractivity contribution in [2.45, 2.75) is 66.3 Å². The van der Waals surface area contributed by atoms with E-state index < -0.39 is 5.60 Å². The van der Waals surface area contributed by atoms with Crippen LogP contribution in [0.4, 0.5) is 4.79 Å². The lowest BCUT2D eigenvalue weighted by atomic mass is 10.1. The Morgan fingerprint density at radius 3 is 2.22 bits per heavy atom. The number of guanidine groups is 1. The van der Waals surface area contributed by atoms with Crippen molar-refractivity contribution >= 4 is 36.0 Å². The SMILES string of the molecule is CCNC(=NCc1ccc(CN(C)C(=O)OC(C)(C)C)cc1)NC(C)C.I. The van der Waals surface area contributed by atoms with E-state index in [9.17, 15) is 4.79 Å². The Labute approximate surface area is 181 Å². The summed E-state index contributed by atoms with van der Waals surface area (Å²) < 4.78 is 5.37. The molecule has 0 radical (unpaired) electrons. The molecule has 1 rings (SSSR count). The van der Waals surface area contributed by atoms with Gasteiger partial charge in [0.1, 0.15) is 5.60 Å². The Bertz CT molecular complexity index is 595. The average molecular weight is 490 g/mol. The molecule has 0 aliphatic rings. The number of carbonyl (C=O) groups excluding carboxylic acids is 1. The first-order valence-electron chi connectivity index (χ1n) is 9.17. The maximum atomic E-state index is 12.0. The van der Waals surface area contributed by atoms with E-state index in [-0.39, 0.29) is 30.1 Å². The summed E-state index contributed by atoms with van der Waals surface area (Å²) in [6, 6.07) is 8.46. The molecule has 0 fully saturated rings. The summed E-state index contributed by atoms with van der Waals surface area (Å²) in [4.78, 5) is 18.2. The van der Waals surface area contributed by atoms with Crippen LogP contribution in [0.3, 0.4) is 0 Å². The number of nitrogens with one attached hydrogen (secondary N) is 2. The summed E-state index contributed by atoms with van der Waals surface area (Å²) in [5.74, 6) is 0.816. The number of benzene rings is 1. The average Bonchev–Trinajstić information content (AvgIpc) is 2.52. The number of nitrogens with zero attached hydrogens (tertiary/aromatic N) is 2. The number of rotatable bonds is 6. The smallest absolute Gasteiger partial charge is 0.410 e. The quantitative estimate of drug-likeness (QED) is 0.358. The van der Waals surface area contributed by atoms with Crippen LogP contribution in [-0.4, -0.2) is 42.2 Å². The summed E-state index contributed by atoms with van der Waals surface area (Å²) in [5, 5.41) is 6.53. The Hall–Kier alpha value is -1.51. The zero-order valence-electron chi connectivity index (χ0n) is 17.6. The minimum atomic E-state index is -0.485. The molecule has 1 amide bonds. The van der Waals surface area contributed by atoms with E-state index in [0.717, 1.165) is 23.6 Å². The van der Waals surface area contributed by atoms with E-state index in [2.05, 4.69) is 29.5 Å². The first-order chi connectivity index (χ1) is 12.1. The first-order valence-corrected chi connectivity index (χ1v) is 9.17. The molecule has 154 valence electrons. The zero-order chi connectivity index (χ0) is 19.7. The maximum Gasteiger partial charge on any atom is 0.410 e. The van der Waals surface area contributed by atoms with Gasteiger partial charge in [0.25, 0.3) is 0 Å². The van der Waals surface area contributed by atoms with Crippen LogP contribution in [0.5, 0.6) is 0 Å².